The maximum absolute atomic E-state index is 14.0. The van der Waals surface area contributed by atoms with E-state index in [-0.39, 0.29) is 10.3 Å². The fourth-order valence-corrected chi connectivity index (χ4v) is 3.54. The highest BCUT2D eigenvalue weighted by molar-refractivity contribution is 7.15. The van der Waals surface area contributed by atoms with Crippen LogP contribution in [0.25, 0.3) is 10.3 Å². The lowest BCUT2D eigenvalue weighted by Crippen LogP contribution is -2.21. The van der Waals surface area contributed by atoms with Crippen molar-refractivity contribution in [1.29, 1.82) is 0 Å². The molecular formula is C17H14F4N4O2S. The summed E-state index contributed by atoms with van der Waals surface area (Å²) in [5.41, 5.74) is -2.18. The van der Waals surface area contributed by atoms with Crippen LogP contribution in [0.1, 0.15) is 35.7 Å². The zero-order valence-electron chi connectivity index (χ0n) is 14.5. The van der Waals surface area contributed by atoms with Gasteiger partial charge >= 0.3 is 6.18 Å². The van der Waals surface area contributed by atoms with E-state index in [1.807, 2.05) is 6.92 Å². The second-order valence-electron chi connectivity index (χ2n) is 5.88. The van der Waals surface area contributed by atoms with Crippen LogP contribution in [0.4, 0.5) is 17.6 Å². The Morgan fingerprint density at radius 3 is 2.79 bits per heavy atom. The van der Waals surface area contributed by atoms with Crippen molar-refractivity contribution >= 4 is 27.6 Å². The standard InChI is InChI=1S/C17H14F4N4O2S/c1-2-3-6-25-12-14(27)22-8-23-15(12)28-16(25)24-13(26)10-7-9(17(19,20)21)4-5-11(10)18/h4-5,7-8H,2-3,6H2,1H3,(H,22,23,27). The Morgan fingerprint density at radius 2 is 2.11 bits per heavy atom. The molecular weight excluding hydrogens is 400 g/mol. The summed E-state index contributed by atoms with van der Waals surface area (Å²) in [5.74, 6) is -2.28. The molecule has 3 aromatic rings. The number of alkyl halides is 3. The summed E-state index contributed by atoms with van der Waals surface area (Å²) >= 11 is 0.927. The van der Waals surface area contributed by atoms with E-state index in [9.17, 15) is 27.2 Å². The minimum absolute atomic E-state index is 0.0643. The lowest BCUT2D eigenvalue weighted by atomic mass is 10.1. The molecule has 0 bridgehead atoms. The van der Waals surface area contributed by atoms with Gasteiger partial charge in [0.25, 0.3) is 11.5 Å². The Labute approximate surface area is 159 Å². The number of carbonyl (C=O) groups excluding carboxylic acids is 1. The highest BCUT2D eigenvalue weighted by Crippen LogP contribution is 2.30. The molecule has 3 rings (SSSR count). The Morgan fingerprint density at radius 1 is 1.36 bits per heavy atom. The molecule has 1 amide bonds. The van der Waals surface area contributed by atoms with Crippen LogP contribution in [0.2, 0.25) is 0 Å². The SMILES string of the molecule is CCCCn1c(=NC(=O)c2cc(C(F)(F)F)ccc2F)sc2nc[nH]c(=O)c21. The summed E-state index contributed by atoms with van der Waals surface area (Å²) in [6.45, 7) is 2.28. The summed E-state index contributed by atoms with van der Waals surface area (Å²) in [7, 11) is 0. The van der Waals surface area contributed by atoms with Crippen LogP contribution >= 0.6 is 11.3 Å². The number of rotatable bonds is 4. The third-order valence-electron chi connectivity index (χ3n) is 3.94. The number of amides is 1. The summed E-state index contributed by atoms with van der Waals surface area (Å²) < 4.78 is 54.0. The first kappa shape index (κ1) is 19.9. The highest BCUT2D eigenvalue weighted by atomic mass is 32.1. The van der Waals surface area contributed by atoms with E-state index < -0.39 is 34.6 Å². The third-order valence-corrected chi connectivity index (χ3v) is 4.93. The van der Waals surface area contributed by atoms with Crippen LogP contribution < -0.4 is 10.4 Å². The van der Waals surface area contributed by atoms with Crippen molar-refractivity contribution in [2.75, 3.05) is 0 Å². The number of unbranched alkanes of at least 4 members (excludes halogenated alkanes) is 1. The number of thiazole rings is 1. The molecule has 2 heterocycles. The molecule has 0 saturated carbocycles. The van der Waals surface area contributed by atoms with Crippen molar-refractivity contribution in [2.45, 2.75) is 32.5 Å². The largest absolute Gasteiger partial charge is 0.416 e. The molecule has 0 saturated heterocycles. The molecule has 0 aliphatic rings. The van der Waals surface area contributed by atoms with Gasteiger partial charge in [-0.2, -0.15) is 18.2 Å². The smallest absolute Gasteiger partial charge is 0.311 e. The first-order valence-corrected chi connectivity index (χ1v) is 9.07. The molecule has 11 heteroatoms. The molecule has 2 aromatic heterocycles. The van der Waals surface area contributed by atoms with Crippen molar-refractivity contribution in [3.8, 4) is 0 Å². The van der Waals surface area contributed by atoms with E-state index >= 15 is 0 Å². The molecule has 28 heavy (non-hydrogen) atoms. The number of hydrogen-bond acceptors (Lipinski definition) is 4. The maximum Gasteiger partial charge on any atom is 0.416 e. The van der Waals surface area contributed by atoms with E-state index in [1.54, 1.807) is 0 Å². The number of carbonyl (C=O) groups is 1. The molecule has 0 spiro atoms. The molecule has 0 fully saturated rings. The highest BCUT2D eigenvalue weighted by Gasteiger charge is 2.32. The van der Waals surface area contributed by atoms with Gasteiger partial charge in [-0.15, -0.1) is 0 Å². The third kappa shape index (κ3) is 3.88. The average molecular weight is 414 g/mol. The van der Waals surface area contributed by atoms with Gasteiger partial charge in [0.1, 0.15) is 11.3 Å². The number of halogens is 4. The lowest BCUT2D eigenvalue weighted by molar-refractivity contribution is -0.137. The van der Waals surface area contributed by atoms with E-state index in [0.717, 1.165) is 17.8 Å². The number of hydrogen-bond donors (Lipinski definition) is 1. The van der Waals surface area contributed by atoms with Gasteiger partial charge in [-0.3, -0.25) is 9.59 Å². The predicted octanol–water partition coefficient (Wildman–Crippen LogP) is 3.49. The average Bonchev–Trinajstić information content (AvgIpc) is 2.97. The number of aromatic nitrogens is 3. The molecule has 0 radical (unpaired) electrons. The van der Waals surface area contributed by atoms with Gasteiger partial charge in [-0.05, 0) is 24.6 Å². The fourth-order valence-electron chi connectivity index (χ4n) is 2.55. The summed E-state index contributed by atoms with van der Waals surface area (Å²) in [6.07, 6.45) is -2.07. The molecule has 1 N–H and O–H groups in total. The minimum atomic E-state index is -4.72. The fraction of sp³-hybridized carbons (Fsp3) is 0.294. The molecule has 0 unspecified atom stereocenters. The van der Waals surface area contributed by atoms with E-state index in [0.29, 0.717) is 36.0 Å². The van der Waals surface area contributed by atoms with Crippen molar-refractivity contribution < 1.29 is 22.4 Å². The summed E-state index contributed by atoms with van der Waals surface area (Å²) in [6, 6.07) is 1.56. The quantitative estimate of drug-likeness (QED) is 0.664. The van der Waals surface area contributed by atoms with Gasteiger partial charge in [0.15, 0.2) is 9.63 Å². The van der Waals surface area contributed by atoms with Gasteiger partial charge in [0, 0.05) is 6.54 Å². The number of fused-ring (bicyclic) bond motifs is 1. The second kappa shape index (κ2) is 7.66. The normalized spacial score (nSPS) is 12.7. The topological polar surface area (TPSA) is 80.1 Å². The predicted molar refractivity (Wildman–Crippen MR) is 94.4 cm³/mol. The molecule has 0 aliphatic carbocycles. The van der Waals surface area contributed by atoms with Crippen molar-refractivity contribution in [3.05, 3.63) is 56.6 Å². The molecule has 1 aromatic carbocycles. The second-order valence-corrected chi connectivity index (χ2v) is 6.84. The van der Waals surface area contributed by atoms with Crippen molar-refractivity contribution in [1.82, 2.24) is 14.5 Å². The summed E-state index contributed by atoms with van der Waals surface area (Å²) in [5, 5.41) is 0. The molecule has 148 valence electrons. The molecule has 6 nitrogen and oxygen atoms in total. The number of nitrogens with one attached hydrogen (secondary N) is 1. The van der Waals surface area contributed by atoms with E-state index in [4.69, 9.17) is 0 Å². The molecule has 0 atom stereocenters. The van der Waals surface area contributed by atoms with Gasteiger partial charge in [0.2, 0.25) is 0 Å². The zero-order valence-corrected chi connectivity index (χ0v) is 15.3. The van der Waals surface area contributed by atoms with Crippen LogP contribution in [0.5, 0.6) is 0 Å². The van der Waals surface area contributed by atoms with E-state index in [1.165, 1.54) is 10.9 Å². The number of aryl methyl sites for hydroxylation is 1. The van der Waals surface area contributed by atoms with Crippen molar-refractivity contribution in [3.63, 3.8) is 0 Å². The van der Waals surface area contributed by atoms with Crippen LogP contribution in [0.15, 0.2) is 34.3 Å². The van der Waals surface area contributed by atoms with Gasteiger partial charge in [-0.25, -0.2) is 9.37 Å². The maximum atomic E-state index is 14.0. The Hall–Kier alpha value is -2.82. The van der Waals surface area contributed by atoms with E-state index in [2.05, 4.69) is 15.0 Å². The Bertz CT molecular complexity index is 1160. The van der Waals surface area contributed by atoms with Gasteiger partial charge < -0.3 is 9.55 Å². The first-order valence-electron chi connectivity index (χ1n) is 8.25. The summed E-state index contributed by atoms with van der Waals surface area (Å²) in [4.78, 5) is 35.2. The van der Waals surface area contributed by atoms with Crippen LogP contribution in [0, 0.1) is 5.82 Å². The van der Waals surface area contributed by atoms with Crippen molar-refractivity contribution in [2.24, 2.45) is 4.99 Å². The Kier molecular flexibility index (Phi) is 5.45. The monoisotopic (exact) mass is 414 g/mol. The number of nitrogens with zero attached hydrogens (tertiary/aromatic N) is 3. The first-order chi connectivity index (χ1) is 13.2. The number of benzene rings is 1. The number of aromatic amines is 1. The zero-order chi connectivity index (χ0) is 20.5. The van der Waals surface area contributed by atoms with Crippen LogP contribution in [0.3, 0.4) is 0 Å². The Balaban J connectivity index is 2.16. The minimum Gasteiger partial charge on any atom is -0.311 e. The van der Waals surface area contributed by atoms with Gasteiger partial charge in [-0.1, -0.05) is 24.7 Å². The van der Waals surface area contributed by atoms with Crippen LogP contribution in [-0.4, -0.2) is 20.4 Å². The van der Waals surface area contributed by atoms with Crippen LogP contribution in [-0.2, 0) is 12.7 Å². The number of H-pyrrole nitrogens is 1. The van der Waals surface area contributed by atoms with Gasteiger partial charge in [0.05, 0.1) is 17.5 Å². The molecule has 0 aliphatic heterocycles. The lowest BCUT2D eigenvalue weighted by Gasteiger charge is -2.08.